The van der Waals surface area contributed by atoms with Crippen molar-refractivity contribution in [2.75, 3.05) is 7.11 Å². The Balaban J connectivity index is 3.03. The number of rotatable bonds is 4. The van der Waals surface area contributed by atoms with Crippen LogP contribution in [0.25, 0.3) is 0 Å². The second kappa shape index (κ2) is 5.66. The predicted octanol–water partition coefficient (Wildman–Crippen LogP) is 1.48. The Bertz CT molecular complexity index is 446. The Morgan fingerprint density at radius 3 is 2.88 bits per heavy atom. The molecule has 0 radical (unpaired) electrons. The Morgan fingerprint density at radius 1 is 1.56 bits per heavy atom. The largest absolute Gasteiger partial charge is 0.465 e. The number of hydrogen-bond donors (Lipinski definition) is 0. The monoisotopic (exact) mass is 217 g/mol. The van der Waals surface area contributed by atoms with E-state index < -0.39 is 5.97 Å². The summed E-state index contributed by atoms with van der Waals surface area (Å²) in [6, 6.07) is 6.81. The Hall–Kier alpha value is -2.15. The van der Waals surface area contributed by atoms with Crippen LogP contribution in [0.2, 0.25) is 0 Å². The number of carbonyl (C=O) groups is 2. The number of aryl methyl sites for hydroxylation is 1. The summed E-state index contributed by atoms with van der Waals surface area (Å²) >= 11 is 0. The second-order valence-electron chi connectivity index (χ2n) is 3.19. The fraction of sp³-hybridized carbons (Fsp3) is 0.250. The lowest BCUT2D eigenvalue weighted by Gasteiger charge is -2.04. The molecule has 0 aliphatic heterocycles. The average Bonchev–Trinajstić information content (AvgIpc) is 2.34. The molecule has 82 valence electrons. The molecular formula is C12H11NO3. The molecule has 0 aliphatic rings. The van der Waals surface area contributed by atoms with Crippen molar-refractivity contribution in [1.29, 1.82) is 5.26 Å². The van der Waals surface area contributed by atoms with Gasteiger partial charge in [0.25, 0.3) is 0 Å². The number of esters is 1. The van der Waals surface area contributed by atoms with Crippen LogP contribution in [0.5, 0.6) is 0 Å². The lowest BCUT2D eigenvalue weighted by Crippen LogP contribution is -2.04. The van der Waals surface area contributed by atoms with Crippen LogP contribution < -0.4 is 0 Å². The SMILES string of the molecule is COC(=O)c1ccc(CCC=O)cc1C#N. The van der Waals surface area contributed by atoms with E-state index in [1.54, 1.807) is 18.2 Å². The smallest absolute Gasteiger partial charge is 0.339 e. The van der Waals surface area contributed by atoms with E-state index in [9.17, 15) is 9.59 Å². The Labute approximate surface area is 93.5 Å². The van der Waals surface area contributed by atoms with Gasteiger partial charge in [-0.25, -0.2) is 4.79 Å². The van der Waals surface area contributed by atoms with Gasteiger partial charge in [-0.1, -0.05) is 6.07 Å². The normalized spacial score (nSPS) is 9.25. The Morgan fingerprint density at radius 2 is 2.31 bits per heavy atom. The maximum Gasteiger partial charge on any atom is 0.339 e. The molecule has 0 saturated carbocycles. The van der Waals surface area contributed by atoms with Crippen LogP contribution in [0.3, 0.4) is 0 Å². The lowest BCUT2D eigenvalue weighted by molar-refractivity contribution is -0.107. The minimum Gasteiger partial charge on any atom is -0.465 e. The van der Waals surface area contributed by atoms with Crippen molar-refractivity contribution in [3.63, 3.8) is 0 Å². The van der Waals surface area contributed by atoms with Crippen molar-refractivity contribution in [3.05, 3.63) is 34.9 Å². The molecular weight excluding hydrogens is 206 g/mol. The van der Waals surface area contributed by atoms with Crippen LogP contribution in [0.15, 0.2) is 18.2 Å². The van der Waals surface area contributed by atoms with Crippen molar-refractivity contribution < 1.29 is 14.3 Å². The van der Waals surface area contributed by atoms with Gasteiger partial charge in [0.2, 0.25) is 0 Å². The summed E-state index contributed by atoms with van der Waals surface area (Å²) in [6.45, 7) is 0. The summed E-state index contributed by atoms with van der Waals surface area (Å²) < 4.78 is 4.55. The number of nitrogens with zero attached hydrogens (tertiary/aromatic N) is 1. The summed E-state index contributed by atoms with van der Waals surface area (Å²) in [5.41, 5.74) is 1.38. The maximum absolute atomic E-state index is 11.3. The van der Waals surface area contributed by atoms with Crippen LogP contribution in [-0.2, 0) is 16.0 Å². The molecule has 1 aromatic rings. The number of carbonyl (C=O) groups excluding carboxylic acids is 2. The van der Waals surface area contributed by atoms with Gasteiger partial charge in [-0.3, -0.25) is 0 Å². The molecule has 0 fully saturated rings. The topological polar surface area (TPSA) is 67.2 Å². The third kappa shape index (κ3) is 2.67. The van der Waals surface area contributed by atoms with Gasteiger partial charge < -0.3 is 9.53 Å². The fourth-order valence-electron chi connectivity index (χ4n) is 1.35. The van der Waals surface area contributed by atoms with Crippen LogP contribution in [0.1, 0.15) is 27.9 Å². The molecule has 0 bridgehead atoms. The highest BCUT2D eigenvalue weighted by atomic mass is 16.5. The summed E-state index contributed by atoms with van der Waals surface area (Å²) in [7, 11) is 1.27. The molecule has 1 aromatic carbocycles. The third-order valence-corrected chi connectivity index (χ3v) is 2.16. The molecule has 0 N–H and O–H groups in total. The molecule has 0 saturated heterocycles. The number of hydrogen-bond acceptors (Lipinski definition) is 4. The van der Waals surface area contributed by atoms with Gasteiger partial charge in [-0.2, -0.15) is 5.26 Å². The number of nitriles is 1. The number of methoxy groups -OCH3 is 1. The van der Waals surface area contributed by atoms with E-state index in [-0.39, 0.29) is 11.1 Å². The average molecular weight is 217 g/mol. The molecule has 0 heterocycles. The molecule has 0 aliphatic carbocycles. The number of ether oxygens (including phenoxy) is 1. The minimum absolute atomic E-state index is 0.250. The first kappa shape index (κ1) is 11.9. The molecule has 16 heavy (non-hydrogen) atoms. The van der Waals surface area contributed by atoms with Gasteiger partial charge in [0.05, 0.1) is 18.2 Å². The van der Waals surface area contributed by atoms with Crippen molar-refractivity contribution in [1.82, 2.24) is 0 Å². The van der Waals surface area contributed by atoms with Crippen molar-refractivity contribution in [2.24, 2.45) is 0 Å². The summed E-state index contributed by atoms with van der Waals surface area (Å²) in [5, 5.41) is 8.89. The molecule has 0 amide bonds. The van der Waals surface area contributed by atoms with E-state index in [1.165, 1.54) is 7.11 Å². The first-order valence-corrected chi connectivity index (χ1v) is 4.78. The summed E-state index contributed by atoms with van der Waals surface area (Å²) in [4.78, 5) is 21.5. The van der Waals surface area contributed by atoms with Crippen LogP contribution in [0, 0.1) is 11.3 Å². The molecule has 0 unspecified atom stereocenters. The Kier molecular flexibility index (Phi) is 4.22. The summed E-state index contributed by atoms with van der Waals surface area (Å²) in [5.74, 6) is -0.529. The van der Waals surface area contributed by atoms with Gasteiger partial charge in [-0.15, -0.1) is 0 Å². The second-order valence-corrected chi connectivity index (χ2v) is 3.19. The predicted molar refractivity (Wildman–Crippen MR) is 56.9 cm³/mol. The van der Waals surface area contributed by atoms with Crippen LogP contribution >= 0.6 is 0 Å². The van der Waals surface area contributed by atoms with E-state index in [0.717, 1.165) is 11.8 Å². The number of aldehydes is 1. The number of benzene rings is 1. The molecule has 4 nitrogen and oxygen atoms in total. The van der Waals surface area contributed by atoms with Crippen LogP contribution in [-0.4, -0.2) is 19.4 Å². The van der Waals surface area contributed by atoms with E-state index in [1.807, 2.05) is 6.07 Å². The molecule has 0 aromatic heterocycles. The fourth-order valence-corrected chi connectivity index (χ4v) is 1.35. The van der Waals surface area contributed by atoms with E-state index in [2.05, 4.69) is 4.74 Å². The van der Waals surface area contributed by atoms with Gasteiger partial charge in [0.1, 0.15) is 12.4 Å². The van der Waals surface area contributed by atoms with Crippen LogP contribution in [0.4, 0.5) is 0 Å². The highest BCUT2D eigenvalue weighted by Crippen LogP contribution is 2.13. The molecule has 4 heteroatoms. The van der Waals surface area contributed by atoms with Crippen molar-refractivity contribution in [2.45, 2.75) is 12.8 Å². The van der Waals surface area contributed by atoms with Gasteiger partial charge in [0.15, 0.2) is 0 Å². The summed E-state index contributed by atoms with van der Waals surface area (Å²) in [6.07, 6.45) is 1.79. The zero-order chi connectivity index (χ0) is 12.0. The van der Waals surface area contributed by atoms with E-state index >= 15 is 0 Å². The lowest BCUT2D eigenvalue weighted by atomic mass is 10.0. The first-order valence-electron chi connectivity index (χ1n) is 4.78. The minimum atomic E-state index is -0.529. The standard InChI is InChI=1S/C12H11NO3/c1-16-12(15)11-5-4-9(3-2-6-14)7-10(11)8-13/h4-7H,2-3H2,1H3. The van der Waals surface area contributed by atoms with Gasteiger partial charge in [-0.05, 0) is 24.1 Å². The molecule has 1 rings (SSSR count). The quantitative estimate of drug-likeness (QED) is 0.565. The molecule has 0 spiro atoms. The third-order valence-electron chi connectivity index (χ3n) is 2.16. The van der Waals surface area contributed by atoms with Crippen molar-refractivity contribution >= 4 is 12.3 Å². The molecule has 0 atom stereocenters. The van der Waals surface area contributed by atoms with Gasteiger partial charge in [0, 0.05) is 6.42 Å². The highest BCUT2D eigenvalue weighted by molar-refractivity contribution is 5.92. The maximum atomic E-state index is 11.3. The zero-order valence-corrected chi connectivity index (χ0v) is 8.90. The first-order chi connectivity index (χ1) is 7.72. The van der Waals surface area contributed by atoms with E-state index in [0.29, 0.717) is 12.8 Å². The zero-order valence-electron chi connectivity index (χ0n) is 8.90. The van der Waals surface area contributed by atoms with E-state index in [4.69, 9.17) is 5.26 Å². The highest BCUT2D eigenvalue weighted by Gasteiger charge is 2.11. The van der Waals surface area contributed by atoms with Crippen molar-refractivity contribution in [3.8, 4) is 6.07 Å². The van der Waals surface area contributed by atoms with Gasteiger partial charge >= 0.3 is 5.97 Å².